The van der Waals surface area contributed by atoms with Gasteiger partial charge in [-0.3, -0.25) is 9.59 Å². The van der Waals surface area contributed by atoms with Crippen molar-refractivity contribution in [2.45, 2.75) is 38.8 Å². The number of carbonyl (C=O) groups is 3. The summed E-state index contributed by atoms with van der Waals surface area (Å²) in [6.07, 6.45) is -1.27. The van der Waals surface area contributed by atoms with Crippen LogP contribution in [0, 0.1) is 11.3 Å². The number of ether oxygens (including phenoxy) is 2. The van der Waals surface area contributed by atoms with Gasteiger partial charge in [0.25, 0.3) is 0 Å². The predicted molar refractivity (Wildman–Crippen MR) is 130 cm³/mol. The van der Waals surface area contributed by atoms with Crippen LogP contribution in [0.15, 0.2) is 48.5 Å². The summed E-state index contributed by atoms with van der Waals surface area (Å²) in [7, 11) is 1.44. The van der Waals surface area contributed by atoms with Gasteiger partial charge in [0.2, 0.25) is 5.91 Å². The number of aliphatic carboxylic acids is 1. The van der Waals surface area contributed by atoms with Crippen LogP contribution < -0.4 is 5.32 Å². The van der Waals surface area contributed by atoms with Gasteiger partial charge < -0.3 is 24.8 Å². The summed E-state index contributed by atoms with van der Waals surface area (Å²) in [5.74, 6) is -2.26. The zero-order valence-corrected chi connectivity index (χ0v) is 20.5. The van der Waals surface area contributed by atoms with E-state index in [0.717, 1.165) is 22.3 Å². The average Bonchev–Trinajstić information content (AvgIpc) is 3.40. The van der Waals surface area contributed by atoms with Crippen molar-refractivity contribution in [3.8, 4) is 11.1 Å². The number of carboxylic acid groups (broad SMARTS) is 1. The van der Waals surface area contributed by atoms with E-state index in [1.54, 1.807) is 0 Å². The van der Waals surface area contributed by atoms with Crippen LogP contribution in [0.2, 0.25) is 0 Å². The molecule has 0 radical (unpaired) electrons. The van der Waals surface area contributed by atoms with Crippen LogP contribution in [-0.2, 0) is 19.1 Å². The zero-order chi connectivity index (χ0) is 25.3. The number of carboxylic acids is 1. The predicted octanol–water partition coefficient (Wildman–Crippen LogP) is 3.50. The third-order valence-electron chi connectivity index (χ3n) is 6.92. The molecule has 2 aromatic rings. The molecule has 2 amide bonds. The normalized spacial score (nSPS) is 20.2. The highest BCUT2D eigenvalue weighted by atomic mass is 16.5. The molecule has 1 fully saturated rings. The van der Waals surface area contributed by atoms with Gasteiger partial charge in [0, 0.05) is 26.1 Å². The molecule has 0 bridgehead atoms. The topological polar surface area (TPSA) is 105 Å². The smallest absolute Gasteiger partial charge is 0.407 e. The molecule has 186 valence electrons. The third kappa shape index (κ3) is 4.89. The fourth-order valence-electron chi connectivity index (χ4n) is 5.02. The van der Waals surface area contributed by atoms with E-state index in [2.05, 4.69) is 17.4 Å². The number of rotatable bonds is 6. The lowest BCUT2D eigenvalue weighted by molar-refractivity contribution is -0.144. The molecule has 2 N–H and O–H groups in total. The van der Waals surface area contributed by atoms with Crippen LogP contribution in [0.3, 0.4) is 0 Å². The van der Waals surface area contributed by atoms with Crippen molar-refractivity contribution >= 4 is 18.0 Å². The first-order valence-corrected chi connectivity index (χ1v) is 11.8. The standard InChI is InChI=1S/C27H32N2O6/c1-27(2,3)23(24(30)29-13-20(25(31)32)22(14-29)34-4)28-26(33)35-15-21-18-11-7-5-9-16(18)17-10-6-8-12-19(17)21/h5-12,20-23H,13-15H2,1-4H3,(H,28,33)(H,31,32). The molecule has 4 rings (SSSR count). The quantitative estimate of drug-likeness (QED) is 0.656. The number of fused-ring (bicyclic) bond motifs is 3. The minimum Gasteiger partial charge on any atom is -0.481 e. The fraction of sp³-hybridized carbons (Fsp3) is 0.444. The molecule has 0 saturated carbocycles. The fourth-order valence-corrected chi connectivity index (χ4v) is 5.02. The van der Waals surface area contributed by atoms with Crippen LogP contribution in [0.25, 0.3) is 11.1 Å². The Morgan fingerprint density at radius 1 is 1.03 bits per heavy atom. The zero-order valence-electron chi connectivity index (χ0n) is 20.5. The molecule has 2 aliphatic rings. The van der Waals surface area contributed by atoms with E-state index in [1.807, 2.05) is 57.2 Å². The molecule has 1 saturated heterocycles. The molecule has 1 aliphatic heterocycles. The van der Waals surface area contributed by atoms with Gasteiger partial charge in [-0.05, 0) is 27.7 Å². The molecule has 8 nitrogen and oxygen atoms in total. The Bertz CT molecular complexity index is 1080. The number of nitrogens with zero attached hydrogens (tertiary/aromatic N) is 1. The summed E-state index contributed by atoms with van der Waals surface area (Å²) < 4.78 is 10.9. The van der Waals surface area contributed by atoms with Gasteiger partial charge in [0.15, 0.2) is 0 Å². The van der Waals surface area contributed by atoms with Crippen LogP contribution in [0.4, 0.5) is 4.79 Å². The second kappa shape index (κ2) is 9.70. The van der Waals surface area contributed by atoms with Crippen molar-refractivity contribution in [3.63, 3.8) is 0 Å². The van der Waals surface area contributed by atoms with Crippen molar-refractivity contribution in [2.75, 3.05) is 26.8 Å². The lowest BCUT2D eigenvalue weighted by Crippen LogP contribution is -2.54. The number of amides is 2. The SMILES string of the molecule is COC1CN(C(=O)C(NC(=O)OCC2c3ccccc3-c3ccccc32)C(C)(C)C)CC1C(=O)O. The highest BCUT2D eigenvalue weighted by Crippen LogP contribution is 2.44. The molecule has 0 aromatic heterocycles. The molecule has 0 spiro atoms. The van der Waals surface area contributed by atoms with Crippen LogP contribution in [-0.4, -0.2) is 66.9 Å². The van der Waals surface area contributed by atoms with Crippen LogP contribution in [0.5, 0.6) is 0 Å². The Balaban J connectivity index is 1.45. The second-order valence-corrected chi connectivity index (χ2v) is 10.2. The number of alkyl carbamates (subject to hydrolysis) is 1. The van der Waals surface area contributed by atoms with E-state index < -0.39 is 35.5 Å². The van der Waals surface area contributed by atoms with Gasteiger partial charge in [-0.1, -0.05) is 69.3 Å². The van der Waals surface area contributed by atoms with Gasteiger partial charge in [-0.25, -0.2) is 4.79 Å². The lowest BCUT2D eigenvalue weighted by atomic mass is 9.86. The molecule has 3 atom stereocenters. The van der Waals surface area contributed by atoms with Crippen molar-refractivity contribution in [1.29, 1.82) is 0 Å². The largest absolute Gasteiger partial charge is 0.481 e. The van der Waals surface area contributed by atoms with Crippen molar-refractivity contribution < 1.29 is 29.0 Å². The maximum atomic E-state index is 13.4. The number of hydrogen-bond donors (Lipinski definition) is 2. The number of nitrogens with one attached hydrogen (secondary N) is 1. The van der Waals surface area contributed by atoms with E-state index in [1.165, 1.54) is 12.0 Å². The monoisotopic (exact) mass is 480 g/mol. The Hall–Kier alpha value is -3.39. The van der Waals surface area contributed by atoms with E-state index in [4.69, 9.17) is 9.47 Å². The number of carbonyl (C=O) groups excluding carboxylic acids is 2. The molecule has 1 aliphatic carbocycles. The Kier molecular flexibility index (Phi) is 6.85. The van der Waals surface area contributed by atoms with Crippen molar-refractivity contribution in [2.24, 2.45) is 11.3 Å². The van der Waals surface area contributed by atoms with E-state index in [-0.39, 0.29) is 31.5 Å². The van der Waals surface area contributed by atoms with E-state index >= 15 is 0 Å². The van der Waals surface area contributed by atoms with Gasteiger partial charge in [0.05, 0.1) is 6.10 Å². The molecule has 35 heavy (non-hydrogen) atoms. The van der Waals surface area contributed by atoms with Gasteiger partial charge in [-0.2, -0.15) is 0 Å². The van der Waals surface area contributed by atoms with Crippen molar-refractivity contribution in [3.05, 3.63) is 59.7 Å². The van der Waals surface area contributed by atoms with Crippen LogP contribution >= 0.6 is 0 Å². The van der Waals surface area contributed by atoms with Crippen molar-refractivity contribution in [1.82, 2.24) is 10.2 Å². The first-order chi connectivity index (χ1) is 16.6. The lowest BCUT2D eigenvalue weighted by Gasteiger charge is -2.33. The van der Waals surface area contributed by atoms with Crippen LogP contribution in [0.1, 0.15) is 37.8 Å². The first-order valence-electron chi connectivity index (χ1n) is 11.8. The minimum atomic E-state index is -1.01. The number of likely N-dealkylation sites (tertiary alicyclic amines) is 1. The number of hydrogen-bond acceptors (Lipinski definition) is 5. The summed E-state index contributed by atoms with van der Waals surface area (Å²) in [5, 5.41) is 12.2. The van der Waals surface area contributed by atoms with E-state index in [9.17, 15) is 19.5 Å². The number of methoxy groups -OCH3 is 1. The maximum Gasteiger partial charge on any atom is 0.407 e. The van der Waals surface area contributed by atoms with Gasteiger partial charge >= 0.3 is 12.1 Å². The second-order valence-electron chi connectivity index (χ2n) is 10.2. The highest BCUT2D eigenvalue weighted by molar-refractivity contribution is 5.87. The van der Waals surface area contributed by atoms with Gasteiger partial charge in [-0.15, -0.1) is 0 Å². The summed E-state index contributed by atoms with van der Waals surface area (Å²) >= 11 is 0. The maximum absolute atomic E-state index is 13.4. The molecule has 8 heteroatoms. The molecule has 2 aromatic carbocycles. The van der Waals surface area contributed by atoms with E-state index in [0.29, 0.717) is 0 Å². The molecular weight excluding hydrogens is 448 g/mol. The summed E-state index contributed by atoms with van der Waals surface area (Å²) in [6.45, 7) is 5.87. The molecule has 1 heterocycles. The van der Waals surface area contributed by atoms with Gasteiger partial charge in [0.1, 0.15) is 18.6 Å². The molecular formula is C27H32N2O6. The summed E-state index contributed by atoms with van der Waals surface area (Å²) in [4.78, 5) is 39.2. The minimum absolute atomic E-state index is 0.0334. The average molecular weight is 481 g/mol. The number of benzene rings is 2. The summed E-state index contributed by atoms with van der Waals surface area (Å²) in [6, 6.07) is 15.3. The third-order valence-corrected chi connectivity index (χ3v) is 6.92. The Morgan fingerprint density at radius 3 is 2.09 bits per heavy atom. The summed E-state index contributed by atoms with van der Waals surface area (Å²) in [5.41, 5.74) is 3.86. The Labute approximate surface area is 205 Å². The highest BCUT2D eigenvalue weighted by Gasteiger charge is 2.44. The first kappa shape index (κ1) is 24.7. The molecule has 3 unspecified atom stereocenters. The Morgan fingerprint density at radius 2 is 1.60 bits per heavy atom.